The summed E-state index contributed by atoms with van der Waals surface area (Å²) in [7, 11) is 0. The molecule has 2 rings (SSSR count). The van der Waals surface area contributed by atoms with Crippen molar-refractivity contribution in [3.05, 3.63) is 34.4 Å². The maximum Gasteiger partial charge on any atom is 0.0391 e. The monoisotopic (exact) mass is 260 g/mol. The van der Waals surface area contributed by atoms with Gasteiger partial charge in [-0.15, -0.1) is 0 Å². The summed E-state index contributed by atoms with van der Waals surface area (Å²) in [6.45, 7) is 12.1. The van der Waals surface area contributed by atoms with Crippen molar-refractivity contribution in [3.8, 4) is 0 Å². The first-order chi connectivity index (χ1) is 9.08. The summed E-state index contributed by atoms with van der Waals surface area (Å²) < 4.78 is 0. The molecule has 2 nitrogen and oxygen atoms in total. The third kappa shape index (κ3) is 2.85. The molecular formula is C17H28N2. The lowest BCUT2D eigenvalue weighted by molar-refractivity contribution is 0.230. The molecule has 1 saturated heterocycles. The third-order valence-corrected chi connectivity index (χ3v) is 4.64. The number of rotatable bonds is 4. The first kappa shape index (κ1) is 14.5. The molecule has 2 atom stereocenters. The van der Waals surface area contributed by atoms with Crippen molar-refractivity contribution >= 4 is 0 Å². The van der Waals surface area contributed by atoms with Crippen LogP contribution in [0, 0.1) is 26.7 Å². The fourth-order valence-corrected chi connectivity index (χ4v) is 3.46. The summed E-state index contributed by atoms with van der Waals surface area (Å²) in [4.78, 5) is 2.63. The third-order valence-electron chi connectivity index (χ3n) is 4.64. The molecular weight excluding hydrogens is 232 g/mol. The largest absolute Gasteiger partial charge is 0.330 e. The van der Waals surface area contributed by atoms with Crippen LogP contribution in [0.4, 0.5) is 0 Å². The lowest BCUT2D eigenvalue weighted by Gasteiger charge is -2.30. The Bertz CT molecular complexity index is 439. The van der Waals surface area contributed by atoms with E-state index < -0.39 is 0 Å². The van der Waals surface area contributed by atoms with Gasteiger partial charge in [0, 0.05) is 6.04 Å². The molecule has 0 saturated carbocycles. The molecule has 0 aromatic heterocycles. The molecule has 0 spiro atoms. The Hall–Kier alpha value is -0.860. The van der Waals surface area contributed by atoms with E-state index in [1.54, 1.807) is 0 Å². The number of likely N-dealkylation sites (tertiary alicyclic amines) is 1. The van der Waals surface area contributed by atoms with Gasteiger partial charge in [-0.25, -0.2) is 0 Å². The molecule has 2 heteroatoms. The van der Waals surface area contributed by atoms with Crippen molar-refractivity contribution in [2.24, 2.45) is 11.7 Å². The van der Waals surface area contributed by atoms with Gasteiger partial charge in [-0.05, 0) is 81.4 Å². The molecule has 1 heterocycles. The zero-order valence-electron chi connectivity index (χ0n) is 12.9. The summed E-state index contributed by atoms with van der Waals surface area (Å²) in [6.07, 6.45) is 2.46. The predicted octanol–water partition coefficient (Wildman–Crippen LogP) is 3.34. The molecule has 1 aliphatic rings. The van der Waals surface area contributed by atoms with Crippen LogP contribution < -0.4 is 5.73 Å². The number of nitrogens with zero attached hydrogens (tertiary/aromatic N) is 1. The highest BCUT2D eigenvalue weighted by atomic mass is 15.2. The van der Waals surface area contributed by atoms with Crippen molar-refractivity contribution in [3.63, 3.8) is 0 Å². The van der Waals surface area contributed by atoms with E-state index in [1.807, 2.05) is 0 Å². The Balaban J connectivity index is 2.38. The first-order valence-corrected chi connectivity index (χ1v) is 7.60. The normalized spacial score (nSPS) is 24.1. The Morgan fingerprint density at radius 1 is 1.16 bits per heavy atom. The van der Waals surface area contributed by atoms with Gasteiger partial charge in [-0.3, -0.25) is 4.90 Å². The van der Waals surface area contributed by atoms with Crippen molar-refractivity contribution in [1.29, 1.82) is 0 Å². The molecule has 0 radical (unpaired) electrons. The van der Waals surface area contributed by atoms with Gasteiger partial charge >= 0.3 is 0 Å². The fraction of sp³-hybridized carbons (Fsp3) is 0.647. The van der Waals surface area contributed by atoms with Crippen LogP contribution in [0.2, 0.25) is 0 Å². The second kappa shape index (κ2) is 6.06. The van der Waals surface area contributed by atoms with Gasteiger partial charge in [0.05, 0.1) is 0 Å². The summed E-state index contributed by atoms with van der Waals surface area (Å²) in [5, 5.41) is 0. The Kier molecular flexibility index (Phi) is 4.64. The van der Waals surface area contributed by atoms with Crippen LogP contribution in [-0.2, 0) is 0 Å². The fourth-order valence-electron chi connectivity index (χ4n) is 3.46. The lowest BCUT2D eigenvalue weighted by Crippen LogP contribution is -2.29. The second-order valence-corrected chi connectivity index (χ2v) is 6.06. The van der Waals surface area contributed by atoms with E-state index in [0.717, 1.165) is 6.54 Å². The van der Waals surface area contributed by atoms with E-state index in [1.165, 1.54) is 48.2 Å². The first-order valence-electron chi connectivity index (χ1n) is 7.60. The Labute approximate surface area is 118 Å². The molecule has 19 heavy (non-hydrogen) atoms. The summed E-state index contributed by atoms with van der Waals surface area (Å²) >= 11 is 0. The zero-order chi connectivity index (χ0) is 14.0. The minimum absolute atomic E-state index is 0.532. The molecule has 0 aliphatic carbocycles. The SMILES string of the molecule is CCCN1CCC(CN)C1c1cc(C)c(C)cc1C. The Morgan fingerprint density at radius 2 is 1.84 bits per heavy atom. The molecule has 1 aliphatic heterocycles. The summed E-state index contributed by atoms with van der Waals surface area (Å²) in [5.74, 6) is 0.618. The summed E-state index contributed by atoms with van der Waals surface area (Å²) in [6, 6.07) is 5.26. The van der Waals surface area contributed by atoms with Gasteiger partial charge in [-0.2, -0.15) is 0 Å². The summed E-state index contributed by atoms with van der Waals surface area (Å²) in [5.41, 5.74) is 11.7. The number of benzene rings is 1. The van der Waals surface area contributed by atoms with E-state index in [2.05, 4.69) is 44.7 Å². The molecule has 1 fully saturated rings. The van der Waals surface area contributed by atoms with Crippen LogP contribution in [0.3, 0.4) is 0 Å². The van der Waals surface area contributed by atoms with Gasteiger partial charge in [0.15, 0.2) is 0 Å². The van der Waals surface area contributed by atoms with Gasteiger partial charge < -0.3 is 5.73 Å². The van der Waals surface area contributed by atoms with E-state index in [0.29, 0.717) is 12.0 Å². The molecule has 106 valence electrons. The molecule has 0 amide bonds. The van der Waals surface area contributed by atoms with E-state index >= 15 is 0 Å². The number of hydrogen-bond donors (Lipinski definition) is 1. The number of aryl methyl sites for hydroxylation is 3. The van der Waals surface area contributed by atoms with Gasteiger partial charge in [0.2, 0.25) is 0 Å². The van der Waals surface area contributed by atoms with Crippen LogP contribution in [-0.4, -0.2) is 24.5 Å². The minimum atomic E-state index is 0.532. The van der Waals surface area contributed by atoms with Crippen molar-refractivity contribution in [2.45, 2.75) is 46.6 Å². The van der Waals surface area contributed by atoms with Crippen LogP contribution >= 0.6 is 0 Å². The second-order valence-electron chi connectivity index (χ2n) is 6.06. The van der Waals surface area contributed by atoms with Crippen molar-refractivity contribution in [2.75, 3.05) is 19.6 Å². The molecule has 1 aromatic carbocycles. The minimum Gasteiger partial charge on any atom is -0.330 e. The van der Waals surface area contributed by atoms with E-state index in [9.17, 15) is 0 Å². The maximum absolute atomic E-state index is 6.01. The average Bonchev–Trinajstić information content (AvgIpc) is 2.77. The standard InChI is InChI=1S/C17H28N2/c1-5-7-19-8-6-15(11-18)17(19)16-10-13(3)12(2)9-14(16)4/h9-10,15,17H,5-8,11,18H2,1-4H3. The highest BCUT2D eigenvalue weighted by molar-refractivity contribution is 5.39. The molecule has 2 unspecified atom stereocenters. The predicted molar refractivity (Wildman–Crippen MR) is 82.4 cm³/mol. The van der Waals surface area contributed by atoms with E-state index in [-0.39, 0.29) is 0 Å². The average molecular weight is 260 g/mol. The molecule has 2 N–H and O–H groups in total. The van der Waals surface area contributed by atoms with Crippen LogP contribution in [0.1, 0.15) is 48.1 Å². The van der Waals surface area contributed by atoms with Crippen LogP contribution in [0.15, 0.2) is 12.1 Å². The molecule has 0 bridgehead atoms. The smallest absolute Gasteiger partial charge is 0.0391 e. The van der Waals surface area contributed by atoms with Gasteiger partial charge in [0.25, 0.3) is 0 Å². The number of nitrogens with two attached hydrogens (primary N) is 1. The highest BCUT2D eigenvalue weighted by Gasteiger charge is 2.34. The topological polar surface area (TPSA) is 29.3 Å². The zero-order valence-corrected chi connectivity index (χ0v) is 12.9. The quantitative estimate of drug-likeness (QED) is 0.899. The molecule has 1 aromatic rings. The maximum atomic E-state index is 6.01. The number of hydrogen-bond acceptors (Lipinski definition) is 2. The van der Waals surface area contributed by atoms with E-state index in [4.69, 9.17) is 5.73 Å². The van der Waals surface area contributed by atoms with Crippen LogP contribution in [0.25, 0.3) is 0 Å². The lowest BCUT2D eigenvalue weighted by atomic mass is 9.88. The van der Waals surface area contributed by atoms with Gasteiger partial charge in [-0.1, -0.05) is 19.1 Å². The highest BCUT2D eigenvalue weighted by Crippen LogP contribution is 2.38. The van der Waals surface area contributed by atoms with Crippen molar-refractivity contribution in [1.82, 2.24) is 4.90 Å². The van der Waals surface area contributed by atoms with Gasteiger partial charge in [0.1, 0.15) is 0 Å². The van der Waals surface area contributed by atoms with Crippen molar-refractivity contribution < 1.29 is 0 Å². The van der Waals surface area contributed by atoms with Crippen LogP contribution in [0.5, 0.6) is 0 Å². The Morgan fingerprint density at radius 3 is 2.47 bits per heavy atom.